The maximum absolute atomic E-state index is 4.53. The molecule has 0 saturated carbocycles. The van der Waals surface area contributed by atoms with Crippen LogP contribution >= 0.6 is 24.8 Å². The summed E-state index contributed by atoms with van der Waals surface area (Å²) in [5.74, 6) is 0. The molecule has 4 aromatic carbocycles. The highest BCUT2D eigenvalue weighted by Crippen LogP contribution is 2.36. The van der Waals surface area contributed by atoms with Crippen molar-refractivity contribution in [2.24, 2.45) is 0 Å². The number of aryl methyl sites for hydroxylation is 2. The number of hydrogen-bond acceptors (Lipinski definition) is 2. The molecule has 0 spiro atoms. The van der Waals surface area contributed by atoms with Crippen LogP contribution in [0.4, 0.5) is 0 Å². The molecular weight excluding hydrogens is 411 g/mol. The molecular formula is C26H22Cl2N2. The molecule has 0 atom stereocenters. The first kappa shape index (κ1) is 20.6. The highest BCUT2D eigenvalue weighted by Gasteiger charge is 2.15. The summed E-state index contributed by atoms with van der Waals surface area (Å²) in [7, 11) is 0. The third kappa shape index (κ3) is 3.21. The Bertz CT molecular complexity index is 1380. The van der Waals surface area contributed by atoms with E-state index in [0.29, 0.717) is 0 Å². The summed E-state index contributed by atoms with van der Waals surface area (Å²) < 4.78 is 0. The van der Waals surface area contributed by atoms with Crippen molar-refractivity contribution in [2.75, 3.05) is 0 Å². The molecule has 0 radical (unpaired) electrons. The fourth-order valence-electron chi connectivity index (χ4n) is 4.77. The first-order chi connectivity index (χ1) is 13.9. The van der Waals surface area contributed by atoms with Crippen LogP contribution in [0.1, 0.15) is 24.0 Å². The molecule has 0 unspecified atom stereocenters. The molecule has 0 aliphatic heterocycles. The Morgan fingerprint density at radius 3 is 2.30 bits per heavy atom. The van der Waals surface area contributed by atoms with Gasteiger partial charge in [0.1, 0.15) is 0 Å². The number of rotatable bonds is 1. The quantitative estimate of drug-likeness (QED) is 0.259. The highest BCUT2D eigenvalue weighted by atomic mass is 35.5. The minimum Gasteiger partial charge on any atom is -0.150 e. The van der Waals surface area contributed by atoms with Gasteiger partial charge in [-0.3, -0.25) is 0 Å². The Labute approximate surface area is 188 Å². The zero-order valence-electron chi connectivity index (χ0n) is 16.5. The Morgan fingerprint density at radius 2 is 1.37 bits per heavy atom. The van der Waals surface area contributed by atoms with Gasteiger partial charge >= 0.3 is 0 Å². The van der Waals surface area contributed by atoms with Crippen LogP contribution in [0.2, 0.25) is 0 Å². The average Bonchev–Trinajstić information content (AvgIpc) is 2.78. The van der Waals surface area contributed by atoms with Gasteiger partial charge in [0.05, 0.1) is 11.2 Å². The van der Waals surface area contributed by atoms with Gasteiger partial charge in [-0.1, -0.05) is 60.7 Å². The summed E-state index contributed by atoms with van der Waals surface area (Å²) in [6.45, 7) is 0. The largest absolute Gasteiger partial charge is 0.150 e. The predicted octanol–water partition coefficient (Wildman–Crippen LogP) is 7.33. The molecule has 1 aliphatic carbocycles. The Balaban J connectivity index is 0.00000109. The summed E-state index contributed by atoms with van der Waals surface area (Å²) in [6, 6.07) is 26.1. The third-order valence-electron chi connectivity index (χ3n) is 6.16. The van der Waals surface area contributed by atoms with Gasteiger partial charge in [-0.25, -0.2) is 0 Å². The topological polar surface area (TPSA) is 25.8 Å². The van der Waals surface area contributed by atoms with Gasteiger partial charge in [-0.05, 0) is 70.5 Å². The molecule has 6 rings (SSSR count). The fraction of sp³-hybridized carbons (Fsp3) is 0.154. The van der Waals surface area contributed by atoms with E-state index in [1.165, 1.54) is 52.8 Å². The van der Waals surface area contributed by atoms with Crippen molar-refractivity contribution < 1.29 is 0 Å². The van der Waals surface area contributed by atoms with E-state index in [0.717, 1.165) is 22.2 Å². The van der Waals surface area contributed by atoms with Crippen LogP contribution in [0.25, 0.3) is 43.7 Å². The smallest absolute Gasteiger partial charge is 0.0942 e. The van der Waals surface area contributed by atoms with Gasteiger partial charge in [0, 0.05) is 10.9 Å². The van der Waals surface area contributed by atoms with Gasteiger partial charge in [-0.2, -0.15) is 0 Å². The predicted molar refractivity (Wildman–Crippen MR) is 131 cm³/mol. The fourth-order valence-corrected chi connectivity index (χ4v) is 4.77. The standard InChI is InChI=1S/C26H20N2.2ClH/c1-3-8-19-17(6-1)12-13-22-20-9-5-10-24(23(20)15-14-21(19)22)26-16-18-7-2-4-11-25(18)27-28-26;;/h2,4-5,7,9-16H,1,3,6,8H2;2*1H. The van der Waals surface area contributed by atoms with E-state index in [2.05, 4.69) is 64.8 Å². The second kappa shape index (κ2) is 8.22. The maximum atomic E-state index is 4.53. The highest BCUT2D eigenvalue weighted by molar-refractivity contribution is 6.13. The van der Waals surface area contributed by atoms with E-state index < -0.39 is 0 Å². The Morgan fingerprint density at radius 1 is 0.600 bits per heavy atom. The molecule has 1 aliphatic rings. The van der Waals surface area contributed by atoms with Gasteiger partial charge in [-0.15, -0.1) is 35.0 Å². The van der Waals surface area contributed by atoms with Crippen LogP contribution in [-0.4, -0.2) is 10.2 Å². The molecule has 2 nitrogen and oxygen atoms in total. The zero-order chi connectivity index (χ0) is 18.5. The molecule has 5 aromatic rings. The van der Waals surface area contributed by atoms with Gasteiger partial charge < -0.3 is 0 Å². The lowest BCUT2D eigenvalue weighted by Gasteiger charge is -2.19. The summed E-state index contributed by atoms with van der Waals surface area (Å²) in [4.78, 5) is 0. The van der Waals surface area contributed by atoms with Crippen molar-refractivity contribution >= 4 is 57.3 Å². The number of nitrogens with zero attached hydrogens (tertiary/aromatic N) is 2. The lowest BCUT2D eigenvalue weighted by molar-refractivity contribution is 0.690. The minimum absolute atomic E-state index is 0. The summed E-state index contributed by atoms with van der Waals surface area (Å²) in [6.07, 6.45) is 5.04. The number of aromatic nitrogens is 2. The lowest BCUT2D eigenvalue weighted by atomic mass is 9.86. The summed E-state index contributed by atoms with van der Waals surface area (Å²) >= 11 is 0. The second-order valence-corrected chi connectivity index (χ2v) is 7.76. The minimum atomic E-state index is 0. The van der Waals surface area contributed by atoms with E-state index in [1.807, 2.05) is 18.2 Å². The normalized spacial score (nSPS) is 12.9. The maximum Gasteiger partial charge on any atom is 0.0942 e. The van der Waals surface area contributed by atoms with E-state index >= 15 is 0 Å². The SMILES string of the molecule is Cl.Cl.c1ccc2nnc(-c3cccc4c3ccc3c5c(ccc34)CCCC5)cc2c1. The number of benzene rings is 4. The van der Waals surface area contributed by atoms with Gasteiger partial charge in [0.15, 0.2) is 0 Å². The van der Waals surface area contributed by atoms with Crippen LogP contribution in [0, 0.1) is 0 Å². The third-order valence-corrected chi connectivity index (χ3v) is 6.16. The molecule has 1 aromatic heterocycles. The van der Waals surface area contributed by atoms with E-state index in [4.69, 9.17) is 0 Å². The molecule has 0 N–H and O–H groups in total. The molecule has 0 fully saturated rings. The second-order valence-electron chi connectivity index (χ2n) is 7.76. The van der Waals surface area contributed by atoms with Crippen molar-refractivity contribution in [3.8, 4) is 11.3 Å². The molecule has 0 amide bonds. The zero-order valence-corrected chi connectivity index (χ0v) is 18.1. The molecule has 150 valence electrons. The van der Waals surface area contributed by atoms with E-state index in [-0.39, 0.29) is 24.8 Å². The van der Waals surface area contributed by atoms with Crippen LogP contribution in [0.3, 0.4) is 0 Å². The molecule has 0 saturated heterocycles. The van der Waals surface area contributed by atoms with Crippen molar-refractivity contribution in [1.82, 2.24) is 10.2 Å². The number of fused-ring (bicyclic) bond motifs is 6. The van der Waals surface area contributed by atoms with Crippen molar-refractivity contribution in [1.29, 1.82) is 0 Å². The first-order valence-corrected chi connectivity index (χ1v) is 10.1. The Kier molecular flexibility index (Phi) is 5.64. The van der Waals surface area contributed by atoms with Crippen LogP contribution in [0.15, 0.2) is 72.8 Å². The van der Waals surface area contributed by atoms with E-state index in [9.17, 15) is 0 Å². The van der Waals surface area contributed by atoms with Gasteiger partial charge in [0.2, 0.25) is 0 Å². The van der Waals surface area contributed by atoms with Gasteiger partial charge in [0.25, 0.3) is 0 Å². The van der Waals surface area contributed by atoms with Crippen LogP contribution < -0.4 is 0 Å². The first-order valence-electron chi connectivity index (χ1n) is 10.1. The average molecular weight is 433 g/mol. The molecule has 4 heteroatoms. The number of halogens is 2. The van der Waals surface area contributed by atoms with E-state index in [1.54, 1.807) is 5.56 Å². The summed E-state index contributed by atoms with van der Waals surface area (Å²) in [5, 5.41) is 15.4. The van der Waals surface area contributed by atoms with Crippen LogP contribution in [-0.2, 0) is 12.8 Å². The van der Waals surface area contributed by atoms with Crippen LogP contribution in [0.5, 0.6) is 0 Å². The lowest BCUT2D eigenvalue weighted by Crippen LogP contribution is -2.03. The summed E-state index contributed by atoms with van der Waals surface area (Å²) in [5.41, 5.74) is 6.11. The monoisotopic (exact) mass is 432 g/mol. The molecule has 0 bridgehead atoms. The van der Waals surface area contributed by atoms with Crippen molar-refractivity contribution in [2.45, 2.75) is 25.7 Å². The molecule has 1 heterocycles. The number of hydrogen-bond donors (Lipinski definition) is 0. The van der Waals surface area contributed by atoms with Crippen molar-refractivity contribution in [3.63, 3.8) is 0 Å². The molecule has 30 heavy (non-hydrogen) atoms. The Hall–Kier alpha value is -2.68. The van der Waals surface area contributed by atoms with Crippen molar-refractivity contribution in [3.05, 3.63) is 83.9 Å².